The van der Waals surface area contributed by atoms with E-state index >= 15 is 0 Å². The molecule has 12 nitrogen and oxygen atoms in total. The first kappa shape index (κ1) is 36.7. The lowest BCUT2D eigenvalue weighted by Gasteiger charge is -2.53. The third kappa shape index (κ3) is 5.60. The van der Waals surface area contributed by atoms with Crippen LogP contribution in [0.15, 0.2) is 22.8 Å². The first-order chi connectivity index (χ1) is 21.3. The first-order valence-electron chi connectivity index (χ1n) is 16.9. The van der Waals surface area contributed by atoms with Crippen molar-refractivity contribution in [1.82, 2.24) is 0 Å². The van der Waals surface area contributed by atoms with E-state index in [4.69, 9.17) is 19.2 Å². The summed E-state index contributed by atoms with van der Waals surface area (Å²) in [5.74, 6) is -1.41. The van der Waals surface area contributed by atoms with Crippen LogP contribution in [0.25, 0.3) is 0 Å². The van der Waals surface area contributed by atoms with Crippen molar-refractivity contribution in [2.45, 2.75) is 142 Å². The molecule has 3 aliphatic heterocycles. The molecule has 3 heterocycles. The van der Waals surface area contributed by atoms with Crippen molar-refractivity contribution in [2.24, 2.45) is 34.0 Å². The van der Waals surface area contributed by atoms with Gasteiger partial charge >= 0.3 is 0 Å². The summed E-state index contributed by atoms with van der Waals surface area (Å²) in [4.78, 5) is 39.1. The van der Waals surface area contributed by atoms with E-state index in [1.54, 1.807) is 13.8 Å². The topological polar surface area (TPSA) is 204 Å². The molecule has 3 fully saturated rings. The highest BCUT2D eigenvalue weighted by atomic mass is 17.2. The van der Waals surface area contributed by atoms with Crippen LogP contribution < -0.4 is 0 Å². The summed E-state index contributed by atoms with van der Waals surface area (Å²) in [7, 11) is 0. The Morgan fingerprint density at radius 1 is 1.11 bits per heavy atom. The summed E-state index contributed by atoms with van der Waals surface area (Å²) in [5.41, 5.74) is 0.00115. The third-order valence-electron chi connectivity index (χ3n) is 12.6. The Labute approximate surface area is 276 Å². The maximum absolute atomic E-state index is 14.0. The predicted molar refractivity (Wildman–Crippen MR) is 167 cm³/mol. The number of aliphatic hydroxyl groups excluding tert-OH is 4. The largest absolute Gasteiger partial charge is 0.412 e. The number of hydrogen-bond acceptors (Lipinski definition) is 11. The zero-order chi connectivity index (χ0) is 33.7. The Bertz CT molecular complexity index is 1320. The van der Waals surface area contributed by atoms with Gasteiger partial charge in [-0.15, -0.1) is 0 Å². The molecule has 0 aromatic carbocycles. The molecule has 0 aromatic rings. The zero-order valence-corrected chi connectivity index (χ0v) is 28.6. The fraction of sp³-hybridized carbons (Fsp3) is 0.829. The average molecular weight is 667 g/mol. The molecule has 7 N–H and O–H groups in total. The van der Waals surface area contributed by atoms with Gasteiger partial charge < -0.3 is 40.5 Å². The van der Waals surface area contributed by atoms with Crippen LogP contribution in [-0.4, -0.2) is 104 Å². The maximum Gasteiger partial charge on any atom is 0.186 e. The standard InChI is InChI=1S/C35H52O11.H2O/c1-16(12-17(36)14-32(2,3)42)24-27(39)30(41)35(7)20-13-22-25-19(29(46-45-22)18(20)10-11-34(24,35)6)8-9-23(33(25,4)5)44-31-28(40)26(38)21(37)15-43-31;/h10,16,20-24,26,28-31,37-38,40-42H,8-9,11-15H2,1-7H3;1H2/t16-,20-,21+,22+,23+,24+,26+,28-,29-,30+,31+,34-,35-;/m1./s1. The number of carbonyl (C=O) groups is 2. The van der Waals surface area contributed by atoms with Crippen molar-refractivity contribution in [2.75, 3.05) is 6.61 Å². The lowest BCUT2D eigenvalue weighted by Crippen LogP contribution is -2.56. The fourth-order valence-corrected chi connectivity index (χ4v) is 10.2. The molecular weight excluding hydrogens is 612 g/mol. The van der Waals surface area contributed by atoms with Crippen molar-refractivity contribution in [3.05, 3.63) is 22.8 Å². The molecule has 0 amide bonds. The van der Waals surface area contributed by atoms with Crippen molar-refractivity contribution < 1.29 is 59.8 Å². The minimum Gasteiger partial charge on any atom is -0.412 e. The van der Waals surface area contributed by atoms with E-state index in [2.05, 4.69) is 26.8 Å². The van der Waals surface area contributed by atoms with E-state index in [0.29, 0.717) is 25.7 Å². The molecule has 0 unspecified atom stereocenters. The Morgan fingerprint density at radius 2 is 1.79 bits per heavy atom. The Morgan fingerprint density at radius 3 is 2.45 bits per heavy atom. The summed E-state index contributed by atoms with van der Waals surface area (Å²) < 4.78 is 11.9. The molecule has 1 saturated carbocycles. The minimum atomic E-state index is -1.40. The van der Waals surface area contributed by atoms with Gasteiger partial charge in [0.1, 0.15) is 42.4 Å². The van der Waals surface area contributed by atoms with Gasteiger partial charge in [-0.25, -0.2) is 9.78 Å². The van der Waals surface area contributed by atoms with Gasteiger partial charge in [-0.2, -0.15) is 0 Å². The van der Waals surface area contributed by atoms with E-state index in [1.807, 2.05) is 13.8 Å². The Kier molecular flexibility index (Phi) is 9.62. The molecule has 7 aliphatic rings. The molecule has 2 saturated heterocycles. The van der Waals surface area contributed by atoms with Gasteiger partial charge in [-0.1, -0.05) is 40.7 Å². The van der Waals surface area contributed by atoms with Gasteiger partial charge in [0, 0.05) is 29.6 Å². The number of ketones is 2. The number of ether oxygens (including phenoxy) is 2. The SMILES string of the molecule is C[C@H](CC(=O)CC(C)(C)O)[C@H]1C(=O)[C@H](O)[C@@]2(C)[C@@H]3C[C@@H]4OO[C@H](C3=CC[C@]12C)C1=C4C(C)(C)[C@@H](O[C@@H]2OC[C@H](O)[C@H](O)[C@H]2O)CC1.O. The van der Waals surface area contributed by atoms with E-state index in [9.17, 15) is 35.1 Å². The van der Waals surface area contributed by atoms with Crippen molar-refractivity contribution in [3.8, 4) is 0 Å². The zero-order valence-electron chi connectivity index (χ0n) is 28.6. The van der Waals surface area contributed by atoms with E-state index in [0.717, 1.165) is 16.7 Å². The van der Waals surface area contributed by atoms with Gasteiger partial charge in [0.05, 0.1) is 18.3 Å². The molecule has 0 radical (unpaired) electrons. The molecule has 12 heteroatoms. The summed E-state index contributed by atoms with van der Waals surface area (Å²) in [6.07, 6.45) is -3.00. The summed E-state index contributed by atoms with van der Waals surface area (Å²) in [6, 6.07) is 0. The fourth-order valence-electron chi connectivity index (χ4n) is 10.2. The first-order valence-corrected chi connectivity index (χ1v) is 16.9. The van der Waals surface area contributed by atoms with Crippen LogP contribution in [0.4, 0.5) is 0 Å². The maximum atomic E-state index is 14.0. The number of rotatable bonds is 7. The van der Waals surface area contributed by atoms with Crippen molar-refractivity contribution >= 4 is 11.6 Å². The van der Waals surface area contributed by atoms with Gasteiger partial charge in [0.15, 0.2) is 12.1 Å². The quantitative estimate of drug-likeness (QED) is 0.194. The van der Waals surface area contributed by atoms with Crippen LogP contribution in [0.3, 0.4) is 0 Å². The molecular formula is C35H54O12. The van der Waals surface area contributed by atoms with E-state index in [-0.39, 0.29) is 48.3 Å². The van der Waals surface area contributed by atoms with Crippen LogP contribution in [0.1, 0.15) is 87.0 Å². The summed E-state index contributed by atoms with van der Waals surface area (Å²) >= 11 is 0. The summed E-state index contributed by atoms with van der Waals surface area (Å²) in [6.45, 7) is 13.2. The molecule has 0 spiro atoms. The number of carbonyl (C=O) groups excluding carboxylic acids is 2. The van der Waals surface area contributed by atoms with Crippen LogP contribution >= 0.6 is 0 Å². The van der Waals surface area contributed by atoms with Crippen molar-refractivity contribution in [3.63, 3.8) is 0 Å². The number of allylic oxidation sites excluding steroid dienone is 1. The van der Waals surface area contributed by atoms with Gasteiger partial charge in [-0.05, 0) is 73.5 Å². The summed E-state index contributed by atoms with van der Waals surface area (Å²) in [5, 5.41) is 52.7. The van der Waals surface area contributed by atoms with Crippen LogP contribution in [-0.2, 0) is 28.8 Å². The normalized spacial score (nSPS) is 44.9. The van der Waals surface area contributed by atoms with E-state index < -0.39 is 76.8 Å². The van der Waals surface area contributed by atoms with Crippen LogP contribution in [0.2, 0.25) is 0 Å². The third-order valence-corrected chi connectivity index (χ3v) is 12.6. The molecule has 47 heavy (non-hydrogen) atoms. The highest BCUT2D eigenvalue weighted by Gasteiger charge is 2.70. The minimum absolute atomic E-state index is 0. The highest BCUT2D eigenvalue weighted by Crippen LogP contribution is 2.69. The molecule has 2 bridgehead atoms. The lowest BCUT2D eigenvalue weighted by atomic mass is 9.50. The van der Waals surface area contributed by atoms with Gasteiger partial charge in [0.25, 0.3) is 0 Å². The van der Waals surface area contributed by atoms with Crippen LogP contribution in [0.5, 0.6) is 0 Å². The molecule has 7 rings (SSSR count). The predicted octanol–water partition coefficient (Wildman–Crippen LogP) is 1.48. The molecule has 4 aliphatic carbocycles. The van der Waals surface area contributed by atoms with Gasteiger partial charge in [0.2, 0.25) is 0 Å². The van der Waals surface area contributed by atoms with E-state index in [1.165, 1.54) is 0 Å². The Hall–Kier alpha value is -1.58. The number of aliphatic hydroxyl groups is 5. The molecule has 266 valence electrons. The Balaban J connectivity index is 0.00000433. The second-order valence-electron chi connectivity index (χ2n) is 16.5. The number of fused-ring (bicyclic) bond motifs is 2. The average Bonchev–Trinajstić information content (AvgIpc) is 3.12. The highest BCUT2D eigenvalue weighted by molar-refractivity contribution is 5.91. The second-order valence-corrected chi connectivity index (χ2v) is 16.5. The van der Waals surface area contributed by atoms with Crippen LogP contribution in [0, 0.1) is 34.0 Å². The molecule has 13 atom stereocenters. The second kappa shape index (κ2) is 12.3. The molecule has 0 aromatic heterocycles. The van der Waals surface area contributed by atoms with Crippen molar-refractivity contribution in [1.29, 1.82) is 0 Å². The number of hydrogen-bond donors (Lipinski definition) is 5. The lowest BCUT2D eigenvalue weighted by molar-refractivity contribution is -0.341. The van der Waals surface area contributed by atoms with Gasteiger partial charge in [-0.3, -0.25) is 9.59 Å². The monoisotopic (exact) mass is 666 g/mol. The number of Topliss-reactive ketones (excluding diaryl/α,β-unsaturated/α-hetero) is 2. The smallest absolute Gasteiger partial charge is 0.186 e.